The first-order chi connectivity index (χ1) is 22.8. The van der Waals surface area contributed by atoms with Gasteiger partial charge in [-0.25, -0.2) is 0 Å². The summed E-state index contributed by atoms with van der Waals surface area (Å²) in [5, 5.41) is 0. The molecule has 0 unspecified atom stereocenters. The van der Waals surface area contributed by atoms with Gasteiger partial charge in [-0.05, 0) is 80.1 Å². The summed E-state index contributed by atoms with van der Waals surface area (Å²) in [5.41, 5.74) is 1.54. The lowest BCUT2D eigenvalue weighted by Gasteiger charge is -2.13. The quantitative estimate of drug-likeness (QED) is 0.0230. The third kappa shape index (κ3) is 22.0. The van der Waals surface area contributed by atoms with Crippen LogP contribution in [0.5, 0.6) is 0 Å². The van der Waals surface area contributed by atoms with Crippen LogP contribution in [-0.2, 0) is 23.7 Å². The number of ketones is 3. The van der Waals surface area contributed by atoms with E-state index in [9.17, 15) is 14.4 Å². The molecule has 0 amide bonds. The SMILES string of the molecule is C=C(CCCOCCOCCOCCCC)C(=O)c1cc(C(C)=O)cc(C(=O)[C@H](C)CCCCCCCOCCOCCCCI)c1. The molecule has 0 aromatic heterocycles. The first-order valence-electron chi connectivity index (χ1n) is 17.7. The first kappa shape index (κ1) is 43.5. The summed E-state index contributed by atoms with van der Waals surface area (Å²) in [6.45, 7) is 15.7. The number of benzene rings is 1. The van der Waals surface area contributed by atoms with Gasteiger partial charge in [0.25, 0.3) is 0 Å². The van der Waals surface area contributed by atoms with Crippen molar-refractivity contribution < 1.29 is 38.1 Å². The number of unbranched alkanes of at least 4 members (excludes halogenated alkanes) is 6. The van der Waals surface area contributed by atoms with Crippen LogP contribution in [0.1, 0.15) is 129 Å². The van der Waals surface area contributed by atoms with Crippen molar-refractivity contribution in [2.45, 2.75) is 97.8 Å². The normalized spacial score (nSPS) is 11.9. The summed E-state index contributed by atoms with van der Waals surface area (Å²) in [4.78, 5) is 38.8. The minimum Gasteiger partial charge on any atom is -0.379 e. The molecule has 268 valence electrons. The molecule has 0 fully saturated rings. The topological polar surface area (TPSA) is 97.4 Å². The van der Waals surface area contributed by atoms with Crippen LogP contribution in [0.15, 0.2) is 30.4 Å². The average Bonchev–Trinajstić information content (AvgIpc) is 3.07. The van der Waals surface area contributed by atoms with E-state index in [0.717, 1.165) is 77.6 Å². The van der Waals surface area contributed by atoms with E-state index in [1.807, 2.05) is 6.92 Å². The minimum absolute atomic E-state index is 0.0409. The smallest absolute Gasteiger partial charge is 0.188 e. The summed E-state index contributed by atoms with van der Waals surface area (Å²) in [6, 6.07) is 4.81. The molecule has 0 N–H and O–H groups in total. The maximum absolute atomic E-state index is 13.3. The van der Waals surface area contributed by atoms with Gasteiger partial charge in [-0.3, -0.25) is 14.4 Å². The van der Waals surface area contributed by atoms with E-state index < -0.39 is 0 Å². The standard InChI is InChI=1S/C38H61IO8/c1-5-6-18-43-24-26-47-27-25-46-21-14-16-32(3)38(42)36-29-34(33(4)40)28-35(30-36)37(41)31(2)15-10-8-7-9-12-19-44-22-23-45-20-13-11-17-39/h28-31H,3,5-27H2,1-2,4H3/t31-/m1/s1. The second-order valence-corrected chi connectivity index (χ2v) is 13.1. The molecule has 1 rings (SSSR count). The molecule has 0 spiro atoms. The molecule has 0 aliphatic carbocycles. The Kier molecular flexibility index (Phi) is 27.2. The van der Waals surface area contributed by atoms with Crippen molar-refractivity contribution >= 4 is 39.9 Å². The van der Waals surface area contributed by atoms with Crippen LogP contribution >= 0.6 is 22.6 Å². The molecule has 1 aromatic rings. The van der Waals surface area contributed by atoms with Gasteiger partial charge in [-0.1, -0.05) is 75.1 Å². The van der Waals surface area contributed by atoms with E-state index in [0.29, 0.717) is 81.4 Å². The van der Waals surface area contributed by atoms with Gasteiger partial charge in [-0.2, -0.15) is 0 Å². The number of alkyl halides is 1. The maximum atomic E-state index is 13.3. The van der Waals surface area contributed by atoms with Crippen molar-refractivity contribution in [2.75, 3.05) is 70.5 Å². The zero-order chi connectivity index (χ0) is 34.5. The molecule has 0 bridgehead atoms. The zero-order valence-electron chi connectivity index (χ0n) is 29.4. The third-order valence-corrected chi connectivity index (χ3v) is 8.54. The molecule has 1 aromatic carbocycles. The van der Waals surface area contributed by atoms with E-state index in [-0.39, 0.29) is 23.3 Å². The van der Waals surface area contributed by atoms with Crippen molar-refractivity contribution in [1.82, 2.24) is 0 Å². The van der Waals surface area contributed by atoms with Gasteiger partial charge in [0.1, 0.15) is 0 Å². The third-order valence-electron chi connectivity index (χ3n) is 7.78. The molecular weight excluding hydrogens is 711 g/mol. The molecular formula is C38H61IO8. The second kappa shape index (κ2) is 29.4. The average molecular weight is 773 g/mol. The zero-order valence-corrected chi connectivity index (χ0v) is 31.6. The van der Waals surface area contributed by atoms with Gasteiger partial charge in [0.2, 0.25) is 0 Å². The predicted molar refractivity (Wildman–Crippen MR) is 197 cm³/mol. The Morgan fingerprint density at radius 1 is 0.638 bits per heavy atom. The van der Waals surface area contributed by atoms with Crippen LogP contribution < -0.4 is 0 Å². The number of carbonyl (C=O) groups excluding carboxylic acids is 3. The van der Waals surface area contributed by atoms with E-state index in [4.69, 9.17) is 23.7 Å². The summed E-state index contributed by atoms with van der Waals surface area (Å²) in [6.07, 6.45) is 11.6. The van der Waals surface area contributed by atoms with Crippen molar-refractivity contribution in [2.24, 2.45) is 5.92 Å². The number of rotatable bonds is 33. The monoisotopic (exact) mass is 772 g/mol. The largest absolute Gasteiger partial charge is 0.379 e. The lowest BCUT2D eigenvalue weighted by molar-refractivity contribution is 0.0137. The Labute approximate surface area is 298 Å². The molecule has 0 saturated heterocycles. The molecule has 1 atom stereocenters. The fraction of sp³-hybridized carbons (Fsp3) is 0.711. The summed E-state index contributed by atoms with van der Waals surface area (Å²) in [5.74, 6) is -0.665. The fourth-order valence-electron chi connectivity index (χ4n) is 4.82. The highest BCUT2D eigenvalue weighted by atomic mass is 127. The number of carbonyl (C=O) groups is 3. The van der Waals surface area contributed by atoms with Crippen molar-refractivity contribution in [3.05, 3.63) is 47.0 Å². The number of halogens is 1. The number of hydrogen-bond donors (Lipinski definition) is 0. The number of Topliss-reactive ketones (excluding diaryl/α,β-unsaturated/α-hetero) is 3. The summed E-state index contributed by atoms with van der Waals surface area (Å²) < 4.78 is 28.9. The lowest BCUT2D eigenvalue weighted by Crippen LogP contribution is -2.14. The first-order valence-corrected chi connectivity index (χ1v) is 19.2. The highest BCUT2D eigenvalue weighted by molar-refractivity contribution is 14.1. The Balaban J connectivity index is 2.36. The highest BCUT2D eigenvalue weighted by Gasteiger charge is 2.20. The molecule has 9 heteroatoms. The van der Waals surface area contributed by atoms with Crippen molar-refractivity contribution in [3.63, 3.8) is 0 Å². The van der Waals surface area contributed by atoms with Crippen molar-refractivity contribution in [3.8, 4) is 0 Å². The molecule has 47 heavy (non-hydrogen) atoms. The van der Waals surface area contributed by atoms with Crippen LogP contribution in [0.25, 0.3) is 0 Å². The predicted octanol–water partition coefficient (Wildman–Crippen LogP) is 8.67. The Morgan fingerprint density at radius 2 is 1.11 bits per heavy atom. The van der Waals surface area contributed by atoms with Crippen LogP contribution in [0, 0.1) is 5.92 Å². The Hall–Kier alpha value is -1.50. The molecule has 0 heterocycles. The Morgan fingerprint density at radius 3 is 1.68 bits per heavy atom. The van der Waals surface area contributed by atoms with Gasteiger partial charge in [-0.15, -0.1) is 0 Å². The molecule has 8 nitrogen and oxygen atoms in total. The van der Waals surface area contributed by atoms with Crippen molar-refractivity contribution in [1.29, 1.82) is 0 Å². The van der Waals surface area contributed by atoms with Crippen LogP contribution in [0.4, 0.5) is 0 Å². The van der Waals surface area contributed by atoms with Gasteiger partial charge in [0.05, 0.1) is 39.6 Å². The van der Waals surface area contributed by atoms with E-state index in [1.165, 1.54) is 17.8 Å². The molecule has 0 aliphatic rings. The maximum Gasteiger partial charge on any atom is 0.188 e. The minimum atomic E-state index is -0.246. The Bertz CT molecular complexity index is 1010. The number of allylic oxidation sites excluding steroid dienone is 1. The molecule has 0 radical (unpaired) electrons. The van der Waals surface area contributed by atoms with Gasteiger partial charge in [0, 0.05) is 49.0 Å². The second-order valence-electron chi connectivity index (χ2n) is 12.0. The van der Waals surface area contributed by atoms with E-state index in [2.05, 4.69) is 36.1 Å². The molecule has 0 saturated carbocycles. The molecule has 0 aliphatic heterocycles. The lowest BCUT2D eigenvalue weighted by atomic mass is 9.89. The highest BCUT2D eigenvalue weighted by Crippen LogP contribution is 2.22. The fourth-order valence-corrected chi connectivity index (χ4v) is 5.36. The van der Waals surface area contributed by atoms with Crippen LogP contribution in [0.3, 0.4) is 0 Å². The number of hydrogen-bond acceptors (Lipinski definition) is 8. The van der Waals surface area contributed by atoms with Gasteiger partial charge in [0.15, 0.2) is 17.3 Å². The van der Waals surface area contributed by atoms with Gasteiger partial charge < -0.3 is 23.7 Å². The van der Waals surface area contributed by atoms with E-state index in [1.54, 1.807) is 18.2 Å². The van der Waals surface area contributed by atoms with Crippen LogP contribution in [0.2, 0.25) is 0 Å². The summed E-state index contributed by atoms with van der Waals surface area (Å²) in [7, 11) is 0. The van der Waals surface area contributed by atoms with Crippen LogP contribution in [-0.4, -0.2) is 87.8 Å². The van der Waals surface area contributed by atoms with E-state index >= 15 is 0 Å². The van der Waals surface area contributed by atoms with Gasteiger partial charge >= 0.3 is 0 Å². The number of ether oxygens (including phenoxy) is 5. The summed E-state index contributed by atoms with van der Waals surface area (Å²) >= 11 is 2.38.